The molecule has 9 nitrogen and oxygen atoms in total. The minimum Gasteiger partial charge on any atom is -0.372 e. The summed E-state index contributed by atoms with van der Waals surface area (Å²) in [5, 5.41) is 6.80. The van der Waals surface area contributed by atoms with E-state index in [-0.39, 0.29) is 44.2 Å². The van der Waals surface area contributed by atoms with E-state index in [4.69, 9.17) is 27.9 Å². The molecule has 0 spiro atoms. The molecule has 0 atom stereocenters. The molecule has 2 aliphatic heterocycles. The number of aromatic nitrogens is 2. The van der Waals surface area contributed by atoms with Crippen LogP contribution in [0.3, 0.4) is 0 Å². The quantitative estimate of drug-likeness (QED) is 0.397. The average Bonchev–Trinajstić information content (AvgIpc) is 3.51. The molecule has 15 heteroatoms. The number of halogens is 4. The Morgan fingerprint density at radius 1 is 1.18 bits per heavy atom. The standard InChI is InChI=1S/C24H23Cl2F2N5O4S2/c25-19-9-21(38-23(19)26)39(35,36)31-24(34)29-11-20(28)18-13-37-12-14-10-30-33(22(14)18)17-5-7-32(8-6-17)16-3-1-15(27)2-4-16/h1-4,9-10,17H,5-8,11-13H2,(H2,29,31,34). The molecule has 3 aromatic rings. The molecule has 0 bridgehead atoms. The second-order valence-electron chi connectivity index (χ2n) is 9.01. The van der Waals surface area contributed by atoms with Gasteiger partial charge in [0.1, 0.15) is 20.2 Å². The van der Waals surface area contributed by atoms with Crippen molar-refractivity contribution in [3.8, 4) is 0 Å². The zero-order valence-electron chi connectivity index (χ0n) is 20.3. The third kappa shape index (κ3) is 6.07. The summed E-state index contributed by atoms with van der Waals surface area (Å²) in [4.78, 5) is 14.4. The third-order valence-corrected chi connectivity index (χ3v) is 10.2. The largest absolute Gasteiger partial charge is 0.372 e. The van der Waals surface area contributed by atoms with Gasteiger partial charge in [0, 0.05) is 29.9 Å². The molecule has 2 amide bonds. The lowest BCUT2D eigenvalue weighted by Crippen LogP contribution is -2.40. The van der Waals surface area contributed by atoms with Crippen LogP contribution in [0.1, 0.15) is 30.1 Å². The zero-order valence-corrected chi connectivity index (χ0v) is 23.4. The average molecular weight is 619 g/mol. The first-order chi connectivity index (χ1) is 18.6. The van der Waals surface area contributed by atoms with Crippen LogP contribution in [0, 0.1) is 5.82 Å². The van der Waals surface area contributed by atoms with Crippen molar-refractivity contribution in [1.82, 2.24) is 19.8 Å². The molecule has 4 heterocycles. The van der Waals surface area contributed by atoms with Gasteiger partial charge in [-0.1, -0.05) is 23.2 Å². The molecule has 1 fully saturated rings. The van der Waals surface area contributed by atoms with Gasteiger partial charge in [0.25, 0.3) is 10.0 Å². The highest BCUT2D eigenvalue weighted by atomic mass is 35.5. The number of ether oxygens (including phenoxy) is 1. The smallest absolute Gasteiger partial charge is 0.329 e. The second kappa shape index (κ2) is 11.4. The number of carbonyl (C=O) groups is 1. The van der Waals surface area contributed by atoms with Crippen molar-refractivity contribution in [1.29, 1.82) is 0 Å². The summed E-state index contributed by atoms with van der Waals surface area (Å²) in [5.74, 6) is -0.956. The maximum Gasteiger partial charge on any atom is 0.329 e. The van der Waals surface area contributed by atoms with E-state index in [1.807, 2.05) is 9.40 Å². The number of fused-ring (bicyclic) bond motifs is 1. The molecule has 208 valence electrons. The van der Waals surface area contributed by atoms with Crippen LogP contribution in [0.4, 0.5) is 19.3 Å². The zero-order chi connectivity index (χ0) is 27.7. The normalized spacial score (nSPS) is 17.6. The van der Waals surface area contributed by atoms with E-state index in [0.29, 0.717) is 17.0 Å². The number of thiophene rings is 1. The predicted molar refractivity (Wildman–Crippen MR) is 145 cm³/mol. The number of piperidine rings is 1. The van der Waals surface area contributed by atoms with Crippen LogP contribution in [0.2, 0.25) is 9.36 Å². The lowest BCUT2D eigenvalue weighted by atomic mass is 10.0. The molecular formula is C24H23Cl2F2N5O4S2. The molecule has 2 aromatic heterocycles. The fourth-order valence-corrected chi connectivity index (χ4v) is 7.41. The Kier molecular flexibility index (Phi) is 8.15. The first kappa shape index (κ1) is 27.8. The number of nitrogens with zero attached hydrogens (tertiary/aromatic N) is 3. The maximum atomic E-state index is 15.4. The van der Waals surface area contributed by atoms with Gasteiger partial charge in [0.15, 0.2) is 0 Å². The summed E-state index contributed by atoms with van der Waals surface area (Å²) >= 11 is 12.3. The lowest BCUT2D eigenvalue weighted by molar-refractivity contribution is 0.143. The van der Waals surface area contributed by atoms with Gasteiger partial charge >= 0.3 is 6.03 Å². The molecule has 0 aliphatic carbocycles. The number of benzene rings is 1. The van der Waals surface area contributed by atoms with Gasteiger partial charge in [0.2, 0.25) is 0 Å². The maximum absolute atomic E-state index is 15.4. The van der Waals surface area contributed by atoms with Crippen molar-refractivity contribution < 1.29 is 26.7 Å². The summed E-state index contributed by atoms with van der Waals surface area (Å²) in [7, 11) is -4.23. The third-order valence-electron chi connectivity index (χ3n) is 6.51. The minimum atomic E-state index is -4.23. The number of carbonyl (C=O) groups excluding carboxylic acids is 1. The molecule has 39 heavy (non-hydrogen) atoms. The number of amides is 2. The number of anilines is 1. The van der Waals surface area contributed by atoms with E-state index in [1.54, 1.807) is 18.3 Å². The van der Waals surface area contributed by atoms with Crippen LogP contribution >= 0.6 is 34.5 Å². The van der Waals surface area contributed by atoms with Gasteiger partial charge in [-0.05, 0) is 43.2 Å². The molecule has 2 aliphatic rings. The van der Waals surface area contributed by atoms with E-state index in [1.165, 1.54) is 12.1 Å². The van der Waals surface area contributed by atoms with Crippen molar-refractivity contribution in [2.75, 3.05) is 31.1 Å². The molecule has 1 saturated heterocycles. The van der Waals surface area contributed by atoms with Gasteiger partial charge in [-0.3, -0.25) is 4.68 Å². The van der Waals surface area contributed by atoms with Crippen LogP contribution in [0.15, 0.2) is 46.6 Å². The number of hydrogen-bond donors (Lipinski definition) is 2. The Bertz CT molecular complexity index is 1500. The Balaban J connectivity index is 1.26. The van der Waals surface area contributed by atoms with Crippen molar-refractivity contribution >= 4 is 61.9 Å². The number of hydrogen-bond acceptors (Lipinski definition) is 7. The van der Waals surface area contributed by atoms with Crippen LogP contribution in [-0.4, -0.2) is 50.5 Å². The highest BCUT2D eigenvalue weighted by molar-refractivity contribution is 7.92. The van der Waals surface area contributed by atoms with Gasteiger partial charge in [0.05, 0.1) is 42.7 Å². The monoisotopic (exact) mass is 617 g/mol. The van der Waals surface area contributed by atoms with Gasteiger partial charge < -0.3 is 15.0 Å². The molecule has 5 rings (SSSR count). The fraction of sp³-hybridized carbons (Fsp3) is 0.333. The van der Waals surface area contributed by atoms with E-state index >= 15 is 4.39 Å². The molecule has 1 aromatic carbocycles. The summed E-state index contributed by atoms with van der Waals surface area (Å²) in [6.45, 7) is 1.14. The van der Waals surface area contributed by atoms with Gasteiger partial charge in [-0.2, -0.15) is 5.10 Å². The van der Waals surface area contributed by atoms with Gasteiger partial charge in [-0.25, -0.2) is 26.7 Å². The minimum absolute atomic E-state index is 0.0113. The molecule has 0 unspecified atom stereocenters. The van der Waals surface area contributed by atoms with E-state index in [9.17, 15) is 17.6 Å². The van der Waals surface area contributed by atoms with Gasteiger partial charge in [-0.15, -0.1) is 11.3 Å². The first-order valence-electron chi connectivity index (χ1n) is 11.9. The summed E-state index contributed by atoms with van der Waals surface area (Å²) in [6.07, 6.45) is 3.14. The summed E-state index contributed by atoms with van der Waals surface area (Å²) in [6, 6.07) is 6.39. The number of nitrogens with one attached hydrogen (secondary N) is 2. The van der Waals surface area contributed by atoms with Crippen LogP contribution in [0.25, 0.3) is 5.57 Å². The SMILES string of the molecule is O=C(NCC(F)=C1COCc2cnn(C3CCN(c4ccc(F)cc4)CC3)c21)NS(=O)(=O)c1cc(Cl)c(Cl)s1. The topological polar surface area (TPSA) is 106 Å². The highest BCUT2D eigenvalue weighted by Crippen LogP contribution is 2.35. The van der Waals surface area contributed by atoms with Crippen molar-refractivity contribution in [2.24, 2.45) is 0 Å². The number of rotatable bonds is 6. The Labute approximate surface area is 237 Å². The van der Waals surface area contributed by atoms with E-state index in [0.717, 1.165) is 43.2 Å². The lowest BCUT2D eigenvalue weighted by Gasteiger charge is -2.35. The van der Waals surface area contributed by atoms with Crippen LogP contribution < -0.4 is 14.9 Å². The van der Waals surface area contributed by atoms with Crippen LogP contribution in [0.5, 0.6) is 0 Å². The Hall–Kier alpha value is -2.71. The van der Waals surface area contributed by atoms with Crippen molar-refractivity contribution in [2.45, 2.75) is 29.7 Å². The highest BCUT2D eigenvalue weighted by Gasteiger charge is 2.30. The summed E-state index contributed by atoms with van der Waals surface area (Å²) < 4.78 is 62.4. The molecule has 0 radical (unpaired) electrons. The van der Waals surface area contributed by atoms with E-state index < -0.39 is 28.4 Å². The number of urea groups is 1. The van der Waals surface area contributed by atoms with Crippen molar-refractivity contribution in [3.05, 3.63) is 68.8 Å². The molecule has 2 N–H and O–H groups in total. The number of sulfonamides is 1. The van der Waals surface area contributed by atoms with E-state index in [2.05, 4.69) is 15.3 Å². The second-order valence-corrected chi connectivity index (χ2v) is 13.0. The fourth-order valence-electron chi connectivity index (χ4n) is 4.60. The van der Waals surface area contributed by atoms with Crippen LogP contribution in [-0.2, 0) is 21.4 Å². The van der Waals surface area contributed by atoms with Crippen molar-refractivity contribution in [3.63, 3.8) is 0 Å². The predicted octanol–water partition coefficient (Wildman–Crippen LogP) is 5.13. The Morgan fingerprint density at radius 2 is 1.90 bits per heavy atom. The Morgan fingerprint density at radius 3 is 2.56 bits per heavy atom. The summed E-state index contributed by atoms with van der Waals surface area (Å²) in [5.41, 5.74) is 2.52. The first-order valence-corrected chi connectivity index (χ1v) is 15.0. The molecule has 0 saturated carbocycles. The molecular weight excluding hydrogens is 595 g/mol.